The van der Waals surface area contributed by atoms with Gasteiger partial charge in [0.1, 0.15) is 4.92 Å². The fourth-order valence-corrected chi connectivity index (χ4v) is 2.46. The van der Waals surface area contributed by atoms with Crippen LogP contribution in [0.25, 0.3) is 4.96 Å². The van der Waals surface area contributed by atoms with Gasteiger partial charge in [-0.2, -0.15) is 5.10 Å². The number of nitrogens with zero attached hydrogens (tertiary/aromatic N) is 4. The molecule has 3 rings (SSSR count). The van der Waals surface area contributed by atoms with E-state index >= 15 is 0 Å². The Kier molecular flexibility index (Phi) is 3.66. The molecule has 0 bridgehead atoms. The zero-order chi connectivity index (χ0) is 15.5. The maximum absolute atomic E-state index is 11.7. The van der Waals surface area contributed by atoms with Crippen molar-refractivity contribution in [3.05, 3.63) is 51.5 Å². The second kappa shape index (κ2) is 5.77. The van der Waals surface area contributed by atoms with Gasteiger partial charge in [0.2, 0.25) is 5.91 Å². The Morgan fingerprint density at radius 2 is 2.45 bits per heavy atom. The molecular formula is C12H9N5O4S. The monoisotopic (exact) mass is 319 g/mol. The summed E-state index contributed by atoms with van der Waals surface area (Å²) in [6, 6.07) is 2.60. The van der Waals surface area contributed by atoms with Crippen LogP contribution in [0.2, 0.25) is 0 Å². The van der Waals surface area contributed by atoms with Gasteiger partial charge < -0.3 is 4.42 Å². The van der Waals surface area contributed by atoms with Crippen LogP contribution in [0.3, 0.4) is 0 Å². The topological polar surface area (TPSA) is 115 Å². The van der Waals surface area contributed by atoms with E-state index in [-0.39, 0.29) is 24.0 Å². The lowest BCUT2D eigenvalue weighted by atomic mass is 10.3. The van der Waals surface area contributed by atoms with E-state index in [0.717, 1.165) is 4.96 Å². The van der Waals surface area contributed by atoms with E-state index in [1.165, 1.54) is 29.7 Å². The Hall–Kier alpha value is -3.01. The summed E-state index contributed by atoms with van der Waals surface area (Å²) in [5.41, 5.74) is 2.94. The second-order valence-electron chi connectivity index (χ2n) is 4.23. The molecule has 0 spiro atoms. The minimum atomic E-state index is -0.652. The van der Waals surface area contributed by atoms with Crippen molar-refractivity contribution in [2.45, 2.75) is 6.42 Å². The molecule has 9 nitrogen and oxygen atoms in total. The Labute approximate surface area is 127 Å². The van der Waals surface area contributed by atoms with Gasteiger partial charge >= 0.3 is 5.88 Å². The molecule has 112 valence electrons. The largest absolute Gasteiger partial charge is 0.433 e. The Bertz CT molecular complexity index is 833. The smallest absolute Gasteiger partial charge is 0.400 e. The van der Waals surface area contributed by atoms with E-state index in [9.17, 15) is 14.9 Å². The number of nitro groups is 1. The maximum Gasteiger partial charge on any atom is 0.433 e. The first-order valence-corrected chi connectivity index (χ1v) is 6.97. The van der Waals surface area contributed by atoms with Crippen molar-refractivity contribution in [2.24, 2.45) is 5.10 Å². The standard InChI is InChI=1S/C12H9N5O4S/c18-10(5-8-7-16-3-4-22-12(16)14-8)15-13-6-9-1-2-11(21-9)17(19)20/h1-4,6-7H,5H2,(H,15,18)/b13-6+. The van der Waals surface area contributed by atoms with Crippen molar-refractivity contribution in [3.63, 3.8) is 0 Å². The van der Waals surface area contributed by atoms with Crippen molar-refractivity contribution in [1.29, 1.82) is 0 Å². The number of furan rings is 1. The molecule has 1 amide bonds. The number of amides is 1. The lowest BCUT2D eigenvalue weighted by molar-refractivity contribution is -0.402. The average molecular weight is 319 g/mol. The van der Waals surface area contributed by atoms with Gasteiger partial charge in [0.05, 0.1) is 24.4 Å². The summed E-state index contributed by atoms with van der Waals surface area (Å²) in [7, 11) is 0. The molecule has 0 aliphatic rings. The normalized spacial score (nSPS) is 11.3. The third-order valence-electron chi connectivity index (χ3n) is 2.66. The Balaban J connectivity index is 1.56. The van der Waals surface area contributed by atoms with E-state index in [1.807, 2.05) is 16.0 Å². The minimum absolute atomic E-state index is 0.0873. The zero-order valence-electron chi connectivity index (χ0n) is 11.0. The molecule has 0 atom stereocenters. The summed E-state index contributed by atoms with van der Waals surface area (Å²) in [6.45, 7) is 0. The Morgan fingerprint density at radius 1 is 1.59 bits per heavy atom. The predicted octanol–water partition coefficient (Wildman–Crippen LogP) is 1.59. The van der Waals surface area contributed by atoms with Crippen molar-refractivity contribution < 1.29 is 14.1 Å². The molecular weight excluding hydrogens is 310 g/mol. The molecule has 0 fully saturated rings. The van der Waals surface area contributed by atoms with E-state index in [0.29, 0.717) is 5.69 Å². The number of imidazole rings is 1. The number of fused-ring (bicyclic) bond motifs is 1. The summed E-state index contributed by atoms with van der Waals surface area (Å²) >= 11 is 1.48. The number of nitrogens with one attached hydrogen (secondary N) is 1. The van der Waals surface area contributed by atoms with Crippen molar-refractivity contribution in [3.8, 4) is 0 Å². The van der Waals surface area contributed by atoms with Crippen LogP contribution < -0.4 is 5.43 Å². The predicted molar refractivity (Wildman–Crippen MR) is 77.9 cm³/mol. The molecule has 3 heterocycles. The number of hydrazone groups is 1. The van der Waals surface area contributed by atoms with Gasteiger partial charge in [-0.15, -0.1) is 11.3 Å². The van der Waals surface area contributed by atoms with Crippen LogP contribution >= 0.6 is 11.3 Å². The molecule has 0 aliphatic heterocycles. The molecule has 3 aromatic heterocycles. The number of carbonyl (C=O) groups excluding carboxylic acids is 1. The quantitative estimate of drug-likeness (QED) is 0.435. The van der Waals surface area contributed by atoms with Crippen molar-refractivity contribution in [1.82, 2.24) is 14.8 Å². The van der Waals surface area contributed by atoms with Gasteiger partial charge in [0.25, 0.3) is 0 Å². The summed E-state index contributed by atoms with van der Waals surface area (Å²) in [4.78, 5) is 26.6. The highest BCUT2D eigenvalue weighted by molar-refractivity contribution is 7.15. The minimum Gasteiger partial charge on any atom is -0.400 e. The van der Waals surface area contributed by atoms with E-state index in [1.54, 1.807) is 6.20 Å². The van der Waals surface area contributed by atoms with Crippen LogP contribution in [0.1, 0.15) is 11.5 Å². The molecule has 0 saturated carbocycles. The molecule has 10 heteroatoms. The highest BCUT2D eigenvalue weighted by Crippen LogP contribution is 2.14. The van der Waals surface area contributed by atoms with Crippen molar-refractivity contribution in [2.75, 3.05) is 0 Å². The van der Waals surface area contributed by atoms with Crippen LogP contribution in [0.15, 0.2) is 39.4 Å². The second-order valence-corrected chi connectivity index (χ2v) is 5.10. The maximum atomic E-state index is 11.7. The van der Waals surface area contributed by atoms with Crippen LogP contribution in [0.4, 0.5) is 5.88 Å². The molecule has 1 N–H and O–H groups in total. The fourth-order valence-electron chi connectivity index (χ4n) is 1.74. The summed E-state index contributed by atoms with van der Waals surface area (Å²) in [5, 5.41) is 16.0. The number of thiazole rings is 1. The first-order valence-electron chi connectivity index (χ1n) is 6.09. The Morgan fingerprint density at radius 3 is 3.18 bits per heavy atom. The van der Waals surface area contributed by atoms with Crippen molar-refractivity contribution >= 4 is 34.3 Å². The van der Waals surface area contributed by atoms with Crippen LogP contribution in [-0.2, 0) is 11.2 Å². The number of carbonyl (C=O) groups is 1. The highest BCUT2D eigenvalue weighted by atomic mass is 32.1. The third kappa shape index (κ3) is 3.01. The lowest BCUT2D eigenvalue weighted by Crippen LogP contribution is -2.19. The van der Waals surface area contributed by atoms with Gasteiger partial charge in [-0.05, 0) is 6.07 Å². The van der Waals surface area contributed by atoms with Crippen LogP contribution in [0.5, 0.6) is 0 Å². The SMILES string of the molecule is O=C(Cc1cn2ccsc2n1)N/N=C/c1ccc([N+](=O)[O-])o1. The van der Waals surface area contributed by atoms with Gasteiger partial charge in [-0.3, -0.25) is 19.3 Å². The van der Waals surface area contributed by atoms with E-state index in [4.69, 9.17) is 4.42 Å². The molecule has 22 heavy (non-hydrogen) atoms. The number of aromatic nitrogens is 2. The van der Waals surface area contributed by atoms with E-state index in [2.05, 4.69) is 15.5 Å². The van der Waals surface area contributed by atoms with Crippen LogP contribution in [0, 0.1) is 10.1 Å². The molecule has 3 aromatic rings. The summed E-state index contributed by atoms with van der Waals surface area (Å²) in [5.74, 6) is -0.552. The average Bonchev–Trinajstić information content (AvgIpc) is 3.13. The molecule has 0 saturated heterocycles. The number of hydrogen-bond donors (Lipinski definition) is 1. The molecule has 0 aromatic carbocycles. The first kappa shape index (κ1) is 13.9. The number of hydrogen-bond acceptors (Lipinski definition) is 7. The third-order valence-corrected chi connectivity index (χ3v) is 3.43. The lowest BCUT2D eigenvalue weighted by Gasteiger charge is -1.95. The van der Waals surface area contributed by atoms with Gasteiger partial charge in [0, 0.05) is 17.8 Å². The first-order chi connectivity index (χ1) is 10.6. The van der Waals surface area contributed by atoms with E-state index < -0.39 is 4.92 Å². The molecule has 0 aliphatic carbocycles. The zero-order valence-corrected chi connectivity index (χ0v) is 11.8. The van der Waals surface area contributed by atoms with Gasteiger partial charge in [-0.25, -0.2) is 10.4 Å². The highest BCUT2D eigenvalue weighted by Gasteiger charge is 2.11. The molecule has 0 unspecified atom stereocenters. The fraction of sp³-hybridized carbons (Fsp3) is 0.0833. The summed E-state index contributed by atoms with van der Waals surface area (Å²) < 4.78 is 6.69. The molecule has 0 radical (unpaired) electrons. The number of rotatable bonds is 5. The van der Waals surface area contributed by atoms with Gasteiger partial charge in [0.15, 0.2) is 10.7 Å². The van der Waals surface area contributed by atoms with Crippen LogP contribution in [-0.4, -0.2) is 26.4 Å². The summed E-state index contributed by atoms with van der Waals surface area (Å²) in [6.07, 6.45) is 4.90. The van der Waals surface area contributed by atoms with Gasteiger partial charge in [-0.1, -0.05) is 0 Å².